The fraction of sp³-hybridized carbons (Fsp3) is 0. The predicted molar refractivity (Wildman–Crippen MR) is 174 cm³/mol. The van der Waals surface area contributed by atoms with Crippen molar-refractivity contribution in [3.05, 3.63) is 133 Å². The Balaban J connectivity index is 1.29. The van der Waals surface area contributed by atoms with Gasteiger partial charge in [-0.1, -0.05) is 91.0 Å². The summed E-state index contributed by atoms with van der Waals surface area (Å²) >= 11 is 0. The van der Waals surface area contributed by atoms with E-state index in [9.17, 15) is 0 Å². The Morgan fingerprint density at radius 3 is 1.64 bits per heavy atom. The lowest BCUT2D eigenvalue weighted by molar-refractivity contribution is 0.623. The molecule has 6 nitrogen and oxygen atoms in total. The molecule has 0 saturated heterocycles. The summed E-state index contributed by atoms with van der Waals surface area (Å²) in [6.45, 7) is 0. The molecule has 9 aromatic rings. The van der Waals surface area contributed by atoms with E-state index in [0.29, 0.717) is 23.4 Å². The van der Waals surface area contributed by atoms with Crippen molar-refractivity contribution in [2.75, 3.05) is 0 Å². The molecule has 44 heavy (non-hydrogen) atoms. The normalized spacial score (nSPS) is 11.6. The first-order chi connectivity index (χ1) is 21.8. The second-order valence-corrected chi connectivity index (χ2v) is 10.7. The summed E-state index contributed by atoms with van der Waals surface area (Å²) in [5, 5.41) is 3.94. The smallest absolute Gasteiger partial charge is 0.227 e. The lowest BCUT2D eigenvalue weighted by Crippen LogP contribution is -2.00. The maximum Gasteiger partial charge on any atom is 0.227 e. The molecule has 6 aromatic carbocycles. The zero-order valence-corrected chi connectivity index (χ0v) is 23.3. The van der Waals surface area contributed by atoms with Gasteiger partial charge in [0.25, 0.3) is 0 Å². The van der Waals surface area contributed by atoms with Crippen LogP contribution in [0, 0.1) is 0 Å². The van der Waals surface area contributed by atoms with Crippen LogP contribution >= 0.6 is 0 Å². The number of oxazole rings is 1. The molecule has 0 fully saturated rings. The van der Waals surface area contributed by atoms with E-state index in [1.54, 1.807) is 0 Å². The van der Waals surface area contributed by atoms with Gasteiger partial charge in [0.05, 0.1) is 0 Å². The first-order valence-electron chi connectivity index (χ1n) is 14.4. The van der Waals surface area contributed by atoms with Gasteiger partial charge in [-0.15, -0.1) is 0 Å². The van der Waals surface area contributed by atoms with Gasteiger partial charge in [-0.3, -0.25) is 0 Å². The highest BCUT2D eigenvalue weighted by molar-refractivity contribution is 6.25. The highest BCUT2D eigenvalue weighted by Crippen LogP contribution is 2.40. The third-order valence-electron chi connectivity index (χ3n) is 7.95. The van der Waals surface area contributed by atoms with Crippen LogP contribution < -0.4 is 0 Å². The predicted octanol–water partition coefficient (Wildman–Crippen LogP) is 9.73. The molecule has 0 saturated carbocycles. The average Bonchev–Trinajstić information content (AvgIpc) is 3.71. The van der Waals surface area contributed by atoms with Gasteiger partial charge in [-0.25, -0.2) is 19.9 Å². The Kier molecular flexibility index (Phi) is 5.40. The molecule has 3 heterocycles. The Morgan fingerprint density at radius 2 is 0.977 bits per heavy atom. The maximum atomic E-state index is 6.45. The summed E-state index contributed by atoms with van der Waals surface area (Å²) in [5.41, 5.74) is 6.74. The molecule has 0 radical (unpaired) electrons. The summed E-state index contributed by atoms with van der Waals surface area (Å²) < 4.78 is 12.8. The van der Waals surface area contributed by atoms with Crippen LogP contribution in [0.1, 0.15) is 0 Å². The number of rotatable bonds is 4. The molecule has 0 N–H and O–H groups in total. The first-order valence-corrected chi connectivity index (χ1v) is 14.4. The minimum atomic E-state index is 0.588. The summed E-state index contributed by atoms with van der Waals surface area (Å²) in [5.74, 6) is 2.42. The van der Waals surface area contributed by atoms with Crippen molar-refractivity contribution in [3.8, 4) is 45.6 Å². The number of fused-ring (bicyclic) bond motifs is 7. The fourth-order valence-corrected chi connectivity index (χ4v) is 5.84. The fourth-order valence-electron chi connectivity index (χ4n) is 5.84. The van der Waals surface area contributed by atoms with E-state index in [2.05, 4.69) is 18.2 Å². The van der Waals surface area contributed by atoms with Crippen molar-refractivity contribution in [1.29, 1.82) is 0 Å². The number of aromatic nitrogens is 4. The molecule has 0 aliphatic rings. The minimum absolute atomic E-state index is 0.588. The lowest BCUT2D eigenvalue weighted by Gasteiger charge is -2.08. The van der Waals surface area contributed by atoms with E-state index in [0.717, 1.165) is 66.1 Å². The van der Waals surface area contributed by atoms with Crippen LogP contribution in [0.4, 0.5) is 0 Å². The average molecular weight is 567 g/mol. The molecule has 6 heteroatoms. The second kappa shape index (κ2) is 9.71. The molecule has 0 spiro atoms. The van der Waals surface area contributed by atoms with Crippen LogP contribution in [0.25, 0.3) is 89.4 Å². The summed E-state index contributed by atoms with van der Waals surface area (Å²) in [6.07, 6.45) is 0. The molecule has 0 amide bonds. The van der Waals surface area contributed by atoms with E-state index >= 15 is 0 Å². The number of furan rings is 1. The molecule has 0 aliphatic heterocycles. The monoisotopic (exact) mass is 566 g/mol. The van der Waals surface area contributed by atoms with Crippen LogP contribution in [-0.4, -0.2) is 19.9 Å². The van der Waals surface area contributed by atoms with Crippen LogP contribution in [0.5, 0.6) is 0 Å². The minimum Gasteiger partial charge on any atom is -0.456 e. The molecule has 0 bridgehead atoms. The zero-order valence-electron chi connectivity index (χ0n) is 23.3. The van der Waals surface area contributed by atoms with Gasteiger partial charge < -0.3 is 8.83 Å². The highest BCUT2D eigenvalue weighted by Gasteiger charge is 2.19. The number of hydrogen-bond acceptors (Lipinski definition) is 6. The van der Waals surface area contributed by atoms with Crippen molar-refractivity contribution in [2.24, 2.45) is 0 Å². The quantitative estimate of drug-likeness (QED) is 0.211. The summed E-state index contributed by atoms with van der Waals surface area (Å²) in [6, 6.07) is 44.2. The molecule has 206 valence electrons. The van der Waals surface area contributed by atoms with E-state index < -0.39 is 0 Å². The van der Waals surface area contributed by atoms with Gasteiger partial charge in [-0.2, -0.15) is 0 Å². The number of benzene rings is 6. The zero-order chi connectivity index (χ0) is 29.0. The second-order valence-electron chi connectivity index (χ2n) is 10.7. The van der Waals surface area contributed by atoms with Crippen LogP contribution in [0.2, 0.25) is 0 Å². The topological polar surface area (TPSA) is 77.8 Å². The van der Waals surface area contributed by atoms with Gasteiger partial charge in [0.2, 0.25) is 5.89 Å². The largest absolute Gasteiger partial charge is 0.456 e. The lowest BCUT2D eigenvalue weighted by atomic mass is 10.0. The van der Waals surface area contributed by atoms with E-state index in [4.69, 9.17) is 28.8 Å². The standard InChI is InChI=1S/C38H22N4O2/c1-4-10-24(11-5-1)35-40-36(25-12-6-2-7-13-25)42-37(41-35)27-18-20-30-28(22-27)33-31(43-30)21-17-23-16-19-29-34(32(23)33)44-38(39-29)26-14-8-3-9-15-26/h1-22H. The first kappa shape index (κ1) is 24.5. The Morgan fingerprint density at radius 1 is 0.409 bits per heavy atom. The van der Waals surface area contributed by atoms with Crippen LogP contribution in [0.15, 0.2) is 142 Å². The van der Waals surface area contributed by atoms with Crippen molar-refractivity contribution in [2.45, 2.75) is 0 Å². The Hall–Kier alpha value is -6.14. The van der Waals surface area contributed by atoms with Gasteiger partial charge in [0.15, 0.2) is 23.1 Å². The van der Waals surface area contributed by atoms with Crippen molar-refractivity contribution in [1.82, 2.24) is 19.9 Å². The van der Waals surface area contributed by atoms with E-state index in [1.165, 1.54) is 0 Å². The van der Waals surface area contributed by atoms with Gasteiger partial charge in [0, 0.05) is 38.4 Å². The third-order valence-corrected chi connectivity index (χ3v) is 7.95. The van der Waals surface area contributed by atoms with Gasteiger partial charge >= 0.3 is 0 Å². The Bertz CT molecular complexity index is 2430. The van der Waals surface area contributed by atoms with Crippen molar-refractivity contribution >= 4 is 43.8 Å². The van der Waals surface area contributed by atoms with E-state index in [-0.39, 0.29) is 0 Å². The van der Waals surface area contributed by atoms with Crippen molar-refractivity contribution in [3.63, 3.8) is 0 Å². The van der Waals surface area contributed by atoms with Gasteiger partial charge in [-0.05, 0) is 47.9 Å². The summed E-state index contributed by atoms with van der Waals surface area (Å²) in [7, 11) is 0. The highest BCUT2D eigenvalue weighted by atomic mass is 16.3. The molecule has 0 aliphatic carbocycles. The number of nitrogens with zero attached hydrogens (tertiary/aromatic N) is 4. The van der Waals surface area contributed by atoms with Crippen LogP contribution in [0.3, 0.4) is 0 Å². The molecular formula is C38H22N4O2. The summed E-state index contributed by atoms with van der Waals surface area (Å²) in [4.78, 5) is 19.5. The maximum absolute atomic E-state index is 6.45. The SMILES string of the molecule is c1ccc(-c2nc(-c3ccccc3)nc(-c3ccc4oc5ccc6ccc7nc(-c8ccccc8)oc7c6c5c4c3)n2)cc1. The molecule has 0 unspecified atom stereocenters. The van der Waals surface area contributed by atoms with Crippen LogP contribution in [-0.2, 0) is 0 Å². The molecule has 3 aromatic heterocycles. The third kappa shape index (κ3) is 3.96. The molecule has 9 rings (SSSR count). The molecular weight excluding hydrogens is 544 g/mol. The van der Waals surface area contributed by atoms with Gasteiger partial charge in [0.1, 0.15) is 16.7 Å². The van der Waals surface area contributed by atoms with Crippen molar-refractivity contribution < 1.29 is 8.83 Å². The Labute approximate surface area is 251 Å². The molecule has 0 atom stereocenters. The van der Waals surface area contributed by atoms with E-state index in [1.807, 2.05) is 115 Å². The number of hydrogen-bond donors (Lipinski definition) is 0.